The van der Waals surface area contributed by atoms with Gasteiger partial charge in [-0.05, 0) is 23.8 Å². The van der Waals surface area contributed by atoms with E-state index in [0.29, 0.717) is 17.7 Å². The number of hydroxylamine groups is 1. The van der Waals surface area contributed by atoms with Crippen LogP contribution in [0.3, 0.4) is 0 Å². The van der Waals surface area contributed by atoms with E-state index in [9.17, 15) is 27.2 Å². The highest BCUT2D eigenvalue weighted by molar-refractivity contribution is 5.94. The third-order valence-electron chi connectivity index (χ3n) is 4.97. The zero-order valence-corrected chi connectivity index (χ0v) is 15.7. The molecule has 10 heteroatoms. The van der Waals surface area contributed by atoms with Crippen molar-refractivity contribution in [2.45, 2.75) is 12.2 Å². The van der Waals surface area contributed by atoms with Crippen molar-refractivity contribution < 1.29 is 32.4 Å². The van der Waals surface area contributed by atoms with Crippen LogP contribution in [0.4, 0.5) is 17.6 Å². The quantitative estimate of drug-likeness (QED) is 0.449. The zero-order valence-electron chi connectivity index (χ0n) is 15.7. The third kappa shape index (κ3) is 4.60. The third-order valence-corrected chi connectivity index (χ3v) is 4.97. The molecule has 160 valence electrons. The molecule has 2 aromatic carbocycles. The van der Waals surface area contributed by atoms with E-state index in [-0.39, 0.29) is 26.2 Å². The molecule has 3 rings (SSSR count). The number of halogens is 4. The number of nitrogens with one attached hydrogen (secondary N) is 1. The molecule has 0 radical (unpaired) electrons. The van der Waals surface area contributed by atoms with Gasteiger partial charge in [0.1, 0.15) is 11.9 Å². The van der Waals surface area contributed by atoms with Crippen LogP contribution in [-0.2, 0) is 11.0 Å². The minimum absolute atomic E-state index is 0.140. The predicted octanol–water partition coefficient (Wildman–Crippen LogP) is 2.85. The number of carbonyl (C=O) groups is 2. The molecule has 1 fully saturated rings. The molecule has 2 amide bonds. The minimum Gasteiger partial charge on any atom is -0.336 e. The molecule has 1 atom stereocenters. The molecule has 1 unspecified atom stereocenters. The molecule has 0 spiro atoms. The van der Waals surface area contributed by atoms with Gasteiger partial charge in [0.05, 0.1) is 11.1 Å². The van der Waals surface area contributed by atoms with E-state index in [1.807, 2.05) is 0 Å². The van der Waals surface area contributed by atoms with Crippen LogP contribution in [0.5, 0.6) is 0 Å². The second-order valence-corrected chi connectivity index (χ2v) is 6.81. The minimum atomic E-state index is -4.70. The number of amides is 2. The van der Waals surface area contributed by atoms with E-state index in [2.05, 4.69) is 0 Å². The van der Waals surface area contributed by atoms with Gasteiger partial charge < -0.3 is 4.90 Å². The maximum Gasteiger partial charge on any atom is 0.416 e. The molecule has 0 aromatic heterocycles. The molecule has 1 saturated heterocycles. The Bertz CT molecular complexity index is 913. The second-order valence-electron chi connectivity index (χ2n) is 6.81. The Kier molecular flexibility index (Phi) is 6.37. The molecule has 0 aliphatic carbocycles. The Hall–Kier alpha value is -2.98. The summed E-state index contributed by atoms with van der Waals surface area (Å²) in [5, 5.41) is 9.08. The summed E-state index contributed by atoms with van der Waals surface area (Å²) in [4.78, 5) is 27.8. The standard InChI is InChI=1S/C20H19F4N3O3/c21-16-12-14(20(22,23)24)6-7-15(16)19(29)27-10-8-26(9-11-27)17(18(28)25-30)13-4-2-1-3-5-13/h1-7,12,17,30H,8-11H2,(H,25,28). The Morgan fingerprint density at radius 3 is 2.17 bits per heavy atom. The maximum absolute atomic E-state index is 14.1. The molecule has 6 nitrogen and oxygen atoms in total. The van der Waals surface area contributed by atoms with E-state index in [1.54, 1.807) is 40.7 Å². The van der Waals surface area contributed by atoms with Crippen LogP contribution < -0.4 is 5.48 Å². The van der Waals surface area contributed by atoms with Gasteiger partial charge in [0, 0.05) is 26.2 Å². The Morgan fingerprint density at radius 2 is 1.63 bits per heavy atom. The lowest BCUT2D eigenvalue weighted by Gasteiger charge is -2.38. The molecule has 1 aliphatic heterocycles. The molecule has 30 heavy (non-hydrogen) atoms. The summed E-state index contributed by atoms with van der Waals surface area (Å²) in [5.74, 6) is -2.59. The number of benzene rings is 2. The van der Waals surface area contributed by atoms with Crippen LogP contribution in [0.2, 0.25) is 0 Å². The van der Waals surface area contributed by atoms with Crippen molar-refractivity contribution in [3.8, 4) is 0 Å². The van der Waals surface area contributed by atoms with Gasteiger partial charge in [-0.1, -0.05) is 30.3 Å². The van der Waals surface area contributed by atoms with Gasteiger partial charge in [-0.2, -0.15) is 13.2 Å². The van der Waals surface area contributed by atoms with E-state index in [0.717, 1.165) is 6.07 Å². The van der Waals surface area contributed by atoms with Gasteiger partial charge in [-0.15, -0.1) is 0 Å². The summed E-state index contributed by atoms with van der Waals surface area (Å²) >= 11 is 0. The molecule has 2 N–H and O–H groups in total. The van der Waals surface area contributed by atoms with Crippen LogP contribution >= 0.6 is 0 Å². The number of hydrogen-bond acceptors (Lipinski definition) is 4. The number of nitrogens with zero attached hydrogens (tertiary/aromatic N) is 2. The zero-order chi connectivity index (χ0) is 21.9. The van der Waals surface area contributed by atoms with Crippen molar-refractivity contribution in [2.24, 2.45) is 0 Å². The van der Waals surface area contributed by atoms with Crippen molar-refractivity contribution in [3.05, 3.63) is 71.0 Å². The lowest BCUT2D eigenvalue weighted by molar-refractivity contribution is -0.138. The number of hydrogen-bond donors (Lipinski definition) is 2. The first kappa shape index (κ1) is 21.7. The van der Waals surface area contributed by atoms with Gasteiger partial charge in [-0.25, -0.2) is 9.87 Å². The van der Waals surface area contributed by atoms with Gasteiger partial charge in [0.25, 0.3) is 11.8 Å². The van der Waals surface area contributed by atoms with Crippen molar-refractivity contribution >= 4 is 11.8 Å². The summed E-state index contributed by atoms with van der Waals surface area (Å²) < 4.78 is 52.2. The fourth-order valence-corrected chi connectivity index (χ4v) is 3.44. The number of carbonyl (C=O) groups excluding carboxylic acids is 2. The summed E-state index contributed by atoms with van der Waals surface area (Å²) in [7, 11) is 0. The van der Waals surface area contributed by atoms with Crippen LogP contribution in [-0.4, -0.2) is 53.0 Å². The number of piperazine rings is 1. The topological polar surface area (TPSA) is 72.9 Å². The molecular formula is C20H19F4N3O3. The van der Waals surface area contributed by atoms with Crippen molar-refractivity contribution in [3.63, 3.8) is 0 Å². The largest absolute Gasteiger partial charge is 0.416 e. The monoisotopic (exact) mass is 425 g/mol. The van der Waals surface area contributed by atoms with Crippen molar-refractivity contribution in [1.82, 2.24) is 15.3 Å². The Morgan fingerprint density at radius 1 is 1.00 bits per heavy atom. The summed E-state index contributed by atoms with van der Waals surface area (Å²) in [6.07, 6.45) is -4.70. The summed E-state index contributed by atoms with van der Waals surface area (Å²) in [6, 6.07) is 9.77. The molecule has 0 bridgehead atoms. The number of rotatable bonds is 4. The van der Waals surface area contributed by atoms with Crippen molar-refractivity contribution in [1.29, 1.82) is 0 Å². The fraction of sp³-hybridized carbons (Fsp3) is 0.300. The first-order valence-corrected chi connectivity index (χ1v) is 9.11. The molecule has 1 aliphatic rings. The SMILES string of the molecule is O=C(NO)C(c1ccccc1)N1CCN(C(=O)c2ccc(C(F)(F)F)cc2F)CC1. The molecule has 2 aromatic rings. The Labute approximate surface area is 169 Å². The van der Waals surface area contributed by atoms with Crippen LogP contribution in [0, 0.1) is 5.82 Å². The van der Waals surface area contributed by atoms with Crippen LogP contribution in [0.1, 0.15) is 27.5 Å². The van der Waals surface area contributed by atoms with Crippen LogP contribution in [0.15, 0.2) is 48.5 Å². The van der Waals surface area contributed by atoms with Crippen LogP contribution in [0.25, 0.3) is 0 Å². The lowest BCUT2D eigenvalue weighted by Crippen LogP contribution is -2.52. The normalized spacial score (nSPS) is 16.2. The molecule has 1 heterocycles. The Balaban J connectivity index is 1.71. The van der Waals surface area contributed by atoms with E-state index < -0.39 is 41.0 Å². The number of alkyl halides is 3. The first-order chi connectivity index (χ1) is 14.2. The van der Waals surface area contributed by atoms with Gasteiger partial charge in [0.15, 0.2) is 0 Å². The maximum atomic E-state index is 14.1. The van der Waals surface area contributed by atoms with Gasteiger partial charge in [-0.3, -0.25) is 19.7 Å². The lowest BCUT2D eigenvalue weighted by atomic mass is 10.0. The fourth-order valence-electron chi connectivity index (χ4n) is 3.44. The molecular weight excluding hydrogens is 406 g/mol. The first-order valence-electron chi connectivity index (χ1n) is 9.11. The average Bonchev–Trinajstić information content (AvgIpc) is 2.74. The molecule has 0 saturated carbocycles. The smallest absolute Gasteiger partial charge is 0.336 e. The summed E-state index contributed by atoms with van der Waals surface area (Å²) in [5.41, 5.74) is 0.688. The van der Waals surface area contributed by atoms with E-state index >= 15 is 0 Å². The summed E-state index contributed by atoms with van der Waals surface area (Å²) in [6.45, 7) is 0.782. The highest BCUT2D eigenvalue weighted by Gasteiger charge is 2.34. The second kappa shape index (κ2) is 8.80. The van der Waals surface area contributed by atoms with E-state index in [1.165, 1.54) is 4.90 Å². The predicted molar refractivity (Wildman–Crippen MR) is 98.0 cm³/mol. The van der Waals surface area contributed by atoms with E-state index in [4.69, 9.17) is 5.21 Å². The highest BCUT2D eigenvalue weighted by Crippen LogP contribution is 2.30. The van der Waals surface area contributed by atoms with Gasteiger partial charge >= 0.3 is 6.18 Å². The average molecular weight is 425 g/mol. The van der Waals surface area contributed by atoms with Crippen molar-refractivity contribution in [2.75, 3.05) is 26.2 Å². The van der Waals surface area contributed by atoms with Gasteiger partial charge in [0.2, 0.25) is 0 Å². The highest BCUT2D eigenvalue weighted by atomic mass is 19.4.